The van der Waals surface area contributed by atoms with Gasteiger partial charge in [-0.25, -0.2) is 9.97 Å². The van der Waals surface area contributed by atoms with Gasteiger partial charge in [0.25, 0.3) is 5.56 Å². The molecule has 0 unspecified atom stereocenters. The van der Waals surface area contributed by atoms with Crippen LogP contribution < -0.4 is 5.56 Å². The number of para-hydroxylation sites is 2. The molecule has 0 radical (unpaired) electrons. The first kappa shape index (κ1) is 14.3. The predicted octanol–water partition coefficient (Wildman–Crippen LogP) is 3.76. The second-order valence-corrected chi connectivity index (χ2v) is 5.59. The molecule has 0 aliphatic rings. The monoisotopic (exact) mass is 313 g/mol. The van der Waals surface area contributed by atoms with E-state index >= 15 is 0 Å². The van der Waals surface area contributed by atoms with E-state index in [1.165, 1.54) is 0 Å². The molecule has 4 rings (SSSR count). The fourth-order valence-corrected chi connectivity index (χ4v) is 2.79. The lowest BCUT2D eigenvalue weighted by Gasteiger charge is -2.13. The van der Waals surface area contributed by atoms with Crippen molar-refractivity contribution in [3.63, 3.8) is 0 Å². The summed E-state index contributed by atoms with van der Waals surface area (Å²) in [6, 6.07) is 22.7. The first-order valence-corrected chi connectivity index (χ1v) is 7.75. The van der Waals surface area contributed by atoms with E-state index in [0.29, 0.717) is 22.4 Å². The van der Waals surface area contributed by atoms with Gasteiger partial charge in [0, 0.05) is 5.69 Å². The topological polar surface area (TPSA) is 47.8 Å². The smallest absolute Gasteiger partial charge is 0.266 e. The molecule has 2 heterocycles. The summed E-state index contributed by atoms with van der Waals surface area (Å²) in [5, 5.41) is 0.595. The van der Waals surface area contributed by atoms with Crippen molar-refractivity contribution in [2.24, 2.45) is 0 Å². The van der Waals surface area contributed by atoms with Crippen LogP contribution >= 0.6 is 0 Å². The van der Waals surface area contributed by atoms with Crippen LogP contribution in [0.15, 0.2) is 77.6 Å². The molecular formula is C20H15N3O. The third-order valence-electron chi connectivity index (χ3n) is 3.91. The number of rotatable bonds is 2. The maximum absolute atomic E-state index is 13.1. The summed E-state index contributed by atoms with van der Waals surface area (Å²) < 4.78 is 1.63. The van der Waals surface area contributed by atoms with Gasteiger partial charge in [0.2, 0.25) is 0 Å². The summed E-state index contributed by atoms with van der Waals surface area (Å²) in [5.41, 5.74) is 2.92. The summed E-state index contributed by atoms with van der Waals surface area (Å²) in [6.45, 7) is 1.93. The molecule has 2 aromatic carbocycles. The number of fused-ring (bicyclic) bond motifs is 1. The van der Waals surface area contributed by atoms with Crippen molar-refractivity contribution in [3.05, 3.63) is 88.8 Å². The number of nitrogens with zero attached hydrogens (tertiary/aromatic N) is 3. The molecule has 0 aliphatic heterocycles. The Morgan fingerprint density at radius 1 is 0.792 bits per heavy atom. The van der Waals surface area contributed by atoms with Gasteiger partial charge in [-0.3, -0.25) is 9.36 Å². The highest BCUT2D eigenvalue weighted by Crippen LogP contribution is 2.20. The van der Waals surface area contributed by atoms with E-state index in [2.05, 4.69) is 4.98 Å². The van der Waals surface area contributed by atoms with E-state index in [0.717, 1.165) is 11.4 Å². The summed E-state index contributed by atoms with van der Waals surface area (Å²) in [5.74, 6) is 0.550. The second kappa shape index (κ2) is 5.74. The molecule has 4 nitrogen and oxygen atoms in total. The van der Waals surface area contributed by atoms with E-state index in [4.69, 9.17) is 4.98 Å². The lowest BCUT2D eigenvalue weighted by Crippen LogP contribution is -2.22. The maximum atomic E-state index is 13.1. The van der Waals surface area contributed by atoms with Gasteiger partial charge in [0.1, 0.15) is 5.69 Å². The molecule has 0 saturated carbocycles. The van der Waals surface area contributed by atoms with Gasteiger partial charge in [-0.15, -0.1) is 0 Å². The Balaban J connectivity index is 2.13. The number of hydrogen-bond acceptors (Lipinski definition) is 3. The maximum Gasteiger partial charge on any atom is 0.266 e. The minimum absolute atomic E-state index is 0.0925. The molecule has 116 valence electrons. The number of pyridine rings is 1. The normalized spacial score (nSPS) is 10.9. The lowest BCUT2D eigenvalue weighted by atomic mass is 10.2. The molecule has 2 aromatic heterocycles. The first-order valence-electron chi connectivity index (χ1n) is 7.75. The third-order valence-corrected chi connectivity index (χ3v) is 3.91. The summed E-state index contributed by atoms with van der Waals surface area (Å²) >= 11 is 0. The number of aromatic nitrogens is 3. The first-order chi connectivity index (χ1) is 11.7. The number of aryl methyl sites for hydroxylation is 1. The van der Waals surface area contributed by atoms with Crippen molar-refractivity contribution in [2.45, 2.75) is 6.92 Å². The molecule has 0 atom stereocenters. The largest absolute Gasteiger partial charge is 0.268 e. The SMILES string of the molecule is Cc1cccc(-c2nc3ccccc3c(=O)n2-c2ccccc2)n1. The van der Waals surface area contributed by atoms with Crippen LogP contribution in [-0.4, -0.2) is 14.5 Å². The molecule has 0 spiro atoms. The highest BCUT2D eigenvalue weighted by atomic mass is 16.1. The Labute approximate surface area is 139 Å². The summed E-state index contributed by atoms with van der Waals surface area (Å²) in [7, 11) is 0. The van der Waals surface area contributed by atoms with Crippen LogP contribution in [0.4, 0.5) is 0 Å². The third kappa shape index (κ3) is 2.38. The van der Waals surface area contributed by atoms with Crippen LogP contribution in [0, 0.1) is 6.92 Å². The molecule has 0 amide bonds. The molecule has 4 aromatic rings. The van der Waals surface area contributed by atoms with Crippen LogP contribution in [-0.2, 0) is 0 Å². The van der Waals surface area contributed by atoms with Gasteiger partial charge in [0.15, 0.2) is 5.82 Å². The zero-order chi connectivity index (χ0) is 16.5. The van der Waals surface area contributed by atoms with Gasteiger partial charge >= 0.3 is 0 Å². The van der Waals surface area contributed by atoms with Crippen molar-refractivity contribution in [2.75, 3.05) is 0 Å². The van der Waals surface area contributed by atoms with Gasteiger partial charge in [0.05, 0.1) is 16.6 Å². The highest BCUT2D eigenvalue weighted by Gasteiger charge is 2.15. The highest BCUT2D eigenvalue weighted by molar-refractivity contribution is 5.80. The average molecular weight is 313 g/mol. The Kier molecular flexibility index (Phi) is 3.43. The zero-order valence-corrected chi connectivity index (χ0v) is 13.2. The van der Waals surface area contributed by atoms with Crippen molar-refractivity contribution in [3.8, 4) is 17.2 Å². The summed E-state index contributed by atoms with van der Waals surface area (Å²) in [6.07, 6.45) is 0. The standard InChI is InChI=1S/C20H15N3O/c1-14-8-7-13-18(21-14)19-22-17-12-6-5-11-16(17)20(24)23(19)15-9-3-2-4-10-15/h2-13H,1H3. The average Bonchev–Trinajstić information content (AvgIpc) is 2.62. The van der Waals surface area contributed by atoms with Crippen LogP contribution in [0.2, 0.25) is 0 Å². The van der Waals surface area contributed by atoms with Gasteiger partial charge in [-0.05, 0) is 43.3 Å². The molecule has 0 bridgehead atoms. The van der Waals surface area contributed by atoms with Crippen LogP contribution in [0.5, 0.6) is 0 Å². The minimum atomic E-state index is -0.0925. The van der Waals surface area contributed by atoms with Crippen molar-refractivity contribution >= 4 is 10.9 Å². The molecule has 24 heavy (non-hydrogen) atoms. The fourth-order valence-electron chi connectivity index (χ4n) is 2.79. The molecule has 0 saturated heterocycles. The van der Waals surface area contributed by atoms with Crippen molar-refractivity contribution in [1.82, 2.24) is 14.5 Å². The van der Waals surface area contributed by atoms with E-state index in [9.17, 15) is 4.79 Å². The Bertz CT molecular complexity index is 1080. The predicted molar refractivity (Wildman–Crippen MR) is 95.3 cm³/mol. The Morgan fingerprint density at radius 3 is 2.33 bits per heavy atom. The van der Waals surface area contributed by atoms with Crippen LogP contribution in [0.1, 0.15) is 5.69 Å². The summed E-state index contributed by atoms with van der Waals surface area (Å²) in [4.78, 5) is 22.4. The van der Waals surface area contributed by atoms with Gasteiger partial charge < -0.3 is 0 Å². The molecule has 0 fully saturated rings. The van der Waals surface area contributed by atoms with Gasteiger partial charge in [-0.1, -0.05) is 36.4 Å². The lowest BCUT2D eigenvalue weighted by molar-refractivity contribution is 0.961. The Morgan fingerprint density at radius 2 is 1.54 bits per heavy atom. The minimum Gasteiger partial charge on any atom is -0.268 e. The molecule has 0 aliphatic carbocycles. The molecule has 0 N–H and O–H groups in total. The number of benzene rings is 2. The van der Waals surface area contributed by atoms with Crippen LogP contribution in [0.25, 0.3) is 28.1 Å². The number of hydrogen-bond donors (Lipinski definition) is 0. The molecule has 4 heteroatoms. The van der Waals surface area contributed by atoms with Gasteiger partial charge in [-0.2, -0.15) is 0 Å². The quantitative estimate of drug-likeness (QED) is 0.566. The van der Waals surface area contributed by atoms with E-state index in [1.54, 1.807) is 10.6 Å². The van der Waals surface area contributed by atoms with E-state index in [1.807, 2.05) is 73.7 Å². The second-order valence-electron chi connectivity index (χ2n) is 5.59. The van der Waals surface area contributed by atoms with Crippen molar-refractivity contribution in [1.29, 1.82) is 0 Å². The van der Waals surface area contributed by atoms with E-state index < -0.39 is 0 Å². The Hall–Kier alpha value is -3.27. The van der Waals surface area contributed by atoms with Crippen LogP contribution in [0.3, 0.4) is 0 Å². The molecular weight excluding hydrogens is 298 g/mol. The van der Waals surface area contributed by atoms with E-state index in [-0.39, 0.29) is 5.56 Å². The van der Waals surface area contributed by atoms with Crippen molar-refractivity contribution < 1.29 is 0 Å². The zero-order valence-electron chi connectivity index (χ0n) is 13.2. The fraction of sp³-hybridized carbons (Fsp3) is 0.0500.